The van der Waals surface area contributed by atoms with Gasteiger partial charge in [0.15, 0.2) is 0 Å². The van der Waals surface area contributed by atoms with Crippen LogP contribution in [-0.4, -0.2) is 40.6 Å². The van der Waals surface area contributed by atoms with Crippen LogP contribution in [-0.2, 0) is 4.79 Å². The third kappa shape index (κ3) is 4.48. The fourth-order valence-corrected chi connectivity index (χ4v) is 3.48. The van der Waals surface area contributed by atoms with Crippen molar-refractivity contribution in [2.45, 2.75) is 46.6 Å². The molecule has 136 valence electrons. The van der Waals surface area contributed by atoms with Crippen LogP contribution >= 0.6 is 0 Å². The number of aromatic nitrogens is 2. The van der Waals surface area contributed by atoms with Crippen molar-refractivity contribution in [1.29, 1.82) is 0 Å². The van der Waals surface area contributed by atoms with E-state index in [2.05, 4.69) is 58.5 Å². The highest BCUT2D eigenvalue weighted by molar-refractivity contribution is 5.83. The van der Waals surface area contributed by atoms with Gasteiger partial charge in [-0.3, -0.25) is 14.8 Å². The molecule has 0 aliphatic heterocycles. The first kappa shape index (κ1) is 19.2. The van der Waals surface area contributed by atoms with E-state index in [1.165, 1.54) is 5.56 Å². The van der Waals surface area contributed by atoms with E-state index in [4.69, 9.17) is 0 Å². The van der Waals surface area contributed by atoms with Crippen LogP contribution in [0.5, 0.6) is 0 Å². The molecule has 2 N–H and O–H groups in total. The maximum atomic E-state index is 12.7. The maximum absolute atomic E-state index is 12.7. The summed E-state index contributed by atoms with van der Waals surface area (Å²) in [5.74, 6) is -0.174. The summed E-state index contributed by atoms with van der Waals surface area (Å²) in [5, 5.41) is 10.3. The van der Waals surface area contributed by atoms with Crippen molar-refractivity contribution in [3.8, 4) is 0 Å². The number of likely N-dealkylation sites (N-methyl/N-ethyl adjacent to an activating group) is 1. The average Bonchev–Trinajstić information content (AvgIpc) is 2.97. The minimum absolute atomic E-state index is 0.0423. The Kier molecular flexibility index (Phi) is 6.76. The van der Waals surface area contributed by atoms with Crippen LogP contribution in [0.15, 0.2) is 30.3 Å². The number of benzene rings is 1. The van der Waals surface area contributed by atoms with E-state index in [9.17, 15) is 4.79 Å². The number of carbonyl (C=O) groups excluding carboxylic acids is 1. The van der Waals surface area contributed by atoms with Crippen LogP contribution in [0.1, 0.15) is 55.2 Å². The Morgan fingerprint density at radius 1 is 1.20 bits per heavy atom. The van der Waals surface area contributed by atoms with E-state index in [1.807, 2.05) is 26.8 Å². The number of rotatable bonds is 8. The predicted octanol–water partition coefficient (Wildman–Crippen LogP) is 3.33. The minimum atomic E-state index is -0.216. The van der Waals surface area contributed by atoms with Crippen molar-refractivity contribution in [3.05, 3.63) is 52.8 Å². The molecule has 2 rings (SSSR count). The zero-order valence-electron chi connectivity index (χ0n) is 16.0. The van der Waals surface area contributed by atoms with E-state index >= 15 is 0 Å². The van der Waals surface area contributed by atoms with Crippen molar-refractivity contribution in [3.63, 3.8) is 0 Å². The van der Waals surface area contributed by atoms with Crippen molar-refractivity contribution in [2.75, 3.05) is 19.6 Å². The van der Waals surface area contributed by atoms with Gasteiger partial charge in [-0.2, -0.15) is 5.10 Å². The Morgan fingerprint density at radius 2 is 1.84 bits per heavy atom. The van der Waals surface area contributed by atoms with Gasteiger partial charge in [0.1, 0.15) is 0 Å². The first-order valence-corrected chi connectivity index (χ1v) is 9.07. The maximum Gasteiger partial charge on any atom is 0.227 e. The monoisotopic (exact) mass is 342 g/mol. The summed E-state index contributed by atoms with van der Waals surface area (Å²) >= 11 is 0. The van der Waals surface area contributed by atoms with Gasteiger partial charge in [0.25, 0.3) is 0 Å². The van der Waals surface area contributed by atoms with Gasteiger partial charge in [-0.25, -0.2) is 0 Å². The first-order valence-electron chi connectivity index (χ1n) is 9.07. The molecule has 0 saturated heterocycles. The van der Waals surface area contributed by atoms with Crippen LogP contribution in [0.4, 0.5) is 0 Å². The molecule has 0 spiro atoms. The van der Waals surface area contributed by atoms with Gasteiger partial charge in [-0.15, -0.1) is 0 Å². The third-order valence-electron chi connectivity index (χ3n) is 4.92. The summed E-state index contributed by atoms with van der Waals surface area (Å²) in [7, 11) is 0. The second-order valence-corrected chi connectivity index (χ2v) is 6.46. The standard InChI is InChI=1S/C20H30N4O/c1-6-24(7-2)18(17-11-9-8-10-12-17)13-21-20(25)14(3)19-15(4)22-23-16(19)5/h8-12,14,18H,6-7,13H2,1-5H3,(H,21,25)(H,22,23)/t14-,18+/m1/s1. The van der Waals surface area contributed by atoms with Gasteiger partial charge < -0.3 is 5.32 Å². The Bertz CT molecular complexity index is 657. The number of amides is 1. The second kappa shape index (κ2) is 8.81. The first-order chi connectivity index (χ1) is 12.0. The molecule has 1 amide bonds. The number of nitrogens with one attached hydrogen (secondary N) is 2. The predicted molar refractivity (Wildman–Crippen MR) is 102 cm³/mol. The van der Waals surface area contributed by atoms with E-state index < -0.39 is 0 Å². The molecule has 0 bridgehead atoms. The SMILES string of the molecule is CCN(CC)[C@@H](CNC(=O)[C@H](C)c1c(C)n[nH]c1C)c1ccccc1. The molecular formula is C20H30N4O. The van der Waals surface area contributed by atoms with E-state index in [0.29, 0.717) is 6.54 Å². The number of hydrogen-bond acceptors (Lipinski definition) is 3. The van der Waals surface area contributed by atoms with Gasteiger partial charge in [-0.1, -0.05) is 44.2 Å². The molecular weight excluding hydrogens is 312 g/mol. The van der Waals surface area contributed by atoms with E-state index in [1.54, 1.807) is 0 Å². The zero-order chi connectivity index (χ0) is 18.4. The molecule has 0 saturated carbocycles. The summed E-state index contributed by atoms with van der Waals surface area (Å²) in [6, 6.07) is 10.6. The normalized spacial score (nSPS) is 13.7. The highest BCUT2D eigenvalue weighted by atomic mass is 16.1. The average molecular weight is 342 g/mol. The molecule has 0 fully saturated rings. The van der Waals surface area contributed by atoms with Crippen molar-refractivity contribution in [1.82, 2.24) is 20.4 Å². The summed E-state index contributed by atoms with van der Waals surface area (Å²) < 4.78 is 0. The molecule has 0 radical (unpaired) electrons. The topological polar surface area (TPSA) is 61.0 Å². The lowest BCUT2D eigenvalue weighted by atomic mass is 9.98. The smallest absolute Gasteiger partial charge is 0.227 e. The Hall–Kier alpha value is -2.14. The highest BCUT2D eigenvalue weighted by Gasteiger charge is 2.24. The molecule has 1 heterocycles. The third-order valence-corrected chi connectivity index (χ3v) is 4.92. The molecule has 2 aromatic rings. The van der Waals surface area contributed by atoms with Gasteiger partial charge >= 0.3 is 0 Å². The Labute approximate surface area is 150 Å². The largest absolute Gasteiger partial charge is 0.354 e. The minimum Gasteiger partial charge on any atom is -0.354 e. The molecule has 2 atom stereocenters. The van der Waals surface area contributed by atoms with Crippen LogP contribution in [0.25, 0.3) is 0 Å². The number of nitrogens with zero attached hydrogens (tertiary/aromatic N) is 2. The zero-order valence-corrected chi connectivity index (χ0v) is 16.0. The van der Waals surface area contributed by atoms with Gasteiger partial charge in [-0.05, 0) is 39.4 Å². The van der Waals surface area contributed by atoms with Gasteiger partial charge in [0, 0.05) is 17.8 Å². The van der Waals surface area contributed by atoms with Crippen LogP contribution < -0.4 is 5.32 Å². The summed E-state index contributed by atoms with van der Waals surface area (Å²) in [6.45, 7) is 12.6. The van der Waals surface area contributed by atoms with Gasteiger partial charge in [0.05, 0.1) is 17.7 Å². The summed E-state index contributed by atoms with van der Waals surface area (Å²) in [6.07, 6.45) is 0. The molecule has 1 aromatic heterocycles. The lowest BCUT2D eigenvalue weighted by molar-refractivity contribution is -0.122. The molecule has 5 heteroatoms. The lowest BCUT2D eigenvalue weighted by Crippen LogP contribution is -2.39. The Morgan fingerprint density at radius 3 is 2.36 bits per heavy atom. The van der Waals surface area contributed by atoms with Crippen LogP contribution in [0.3, 0.4) is 0 Å². The van der Waals surface area contributed by atoms with E-state index in [-0.39, 0.29) is 17.9 Å². The second-order valence-electron chi connectivity index (χ2n) is 6.46. The Balaban J connectivity index is 2.11. The van der Waals surface area contributed by atoms with Crippen molar-refractivity contribution < 1.29 is 4.79 Å². The quantitative estimate of drug-likeness (QED) is 0.773. The molecule has 25 heavy (non-hydrogen) atoms. The fourth-order valence-electron chi connectivity index (χ4n) is 3.48. The van der Waals surface area contributed by atoms with Crippen LogP contribution in [0.2, 0.25) is 0 Å². The number of aromatic amines is 1. The van der Waals surface area contributed by atoms with Crippen molar-refractivity contribution in [2.24, 2.45) is 0 Å². The molecule has 0 unspecified atom stereocenters. The molecule has 0 aliphatic carbocycles. The summed E-state index contributed by atoms with van der Waals surface area (Å²) in [4.78, 5) is 15.1. The van der Waals surface area contributed by atoms with E-state index in [0.717, 1.165) is 30.0 Å². The lowest BCUT2D eigenvalue weighted by Gasteiger charge is -2.30. The van der Waals surface area contributed by atoms with Crippen LogP contribution in [0, 0.1) is 13.8 Å². The fraction of sp³-hybridized carbons (Fsp3) is 0.500. The van der Waals surface area contributed by atoms with Gasteiger partial charge in [0.2, 0.25) is 5.91 Å². The molecule has 5 nitrogen and oxygen atoms in total. The number of carbonyl (C=O) groups is 1. The van der Waals surface area contributed by atoms with Crippen molar-refractivity contribution >= 4 is 5.91 Å². The summed E-state index contributed by atoms with van der Waals surface area (Å²) in [5.41, 5.74) is 4.08. The highest BCUT2D eigenvalue weighted by Crippen LogP contribution is 2.23. The molecule has 0 aliphatic rings. The number of aryl methyl sites for hydroxylation is 2. The number of hydrogen-bond donors (Lipinski definition) is 2. The molecule has 1 aromatic carbocycles. The number of H-pyrrole nitrogens is 1.